The summed E-state index contributed by atoms with van der Waals surface area (Å²) in [6.45, 7) is 7.53. The standard InChI is InChI=1S/C11H19NO3/c1-6-9(13)11(7-2,10(14)15)12(4,5)8-3/h6H,1,7-8H2,2-5H3/p+1. The van der Waals surface area contributed by atoms with Crippen molar-refractivity contribution in [2.24, 2.45) is 0 Å². The highest BCUT2D eigenvalue weighted by Crippen LogP contribution is 2.27. The van der Waals surface area contributed by atoms with Gasteiger partial charge in [0, 0.05) is 6.42 Å². The van der Waals surface area contributed by atoms with E-state index in [1.807, 2.05) is 6.92 Å². The lowest BCUT2D eigenvalue weighted by atomic mass is 9.86. The van der Waals surface area contributed by atoms with E-state index in [9.17, 15) is 14.7 Å². The molecule has 4 nitrogen and oxygen atoms in total. The molecule has 15 heavy (non-hydrogen) atoms. The molecule has 0 saturated heterocycles. The van der Waals surface area contributed by atoms with Gasteiger partial charge < -0.3 is 9.59 Å². The third-order valence-electron chi connectivity index (χ3n) is 3.28. The maximum atomic E-state index is 11.8. The van der Waals surface area contributed by atoms with Crippen molar-refractivity contribution in [3.63, 3.8) is 0 Å². The molecular weight excluding hydrogens is 194 g/mol. The molecule has 0 aliphatic heterocycles. The zero-order valence-electron chi connectivity index (χ0n) is 9.91. The van der Waals surface area contributed by atoms with E-state index >= 15 is 0 Å². The van der Waals surface area contributed by atoms with Gasteiger partial charge in [0.15, 0.2) is 0 Å². The summed E-state index contributed by atoms with van der Waals surface area (Å²) in [7, 11) is 3.50. The molecule has 0 bridgehead atoms. The van der Waals surface area contributed by atoms with Gasteiger partial charge in [-0.2, -0.15) is 0 Å². The zero-order valence-corrected chi connectivity index (χ0v) is 9.91. The van der Waals surface area contributed by atoms with Crippen molar-refractivity contribution < 1.29 is 19.2 Å². The minimum absolute atomic E-state index is 0.129. The van der Waals surface area contributed by atoms with E-state index in [-0.39, 0.29) is 10.9 Å². The van der Waals surface area contributed by atoms with Crippen molar-refractivity contribution in [3.8, 4) is 0 Å². The predicted octanol–water partition coefficient (Wildman–Crippen LogP) is 1.07. The molecule has 0 fully saturated rings. The Kier molecular flexibility index (Phi) is 4.22. The van der Waals surface area contributed by atoms with Gasteiger partial charge in [0.1, 0.15) is 0 Å². The summed E-state index contributed by atoms with van der Waals surface area (Å²) in [4.78, 5) is 23.2. The lowest BCUT2D eigenvalue weighted by Crippen LogP contribution is -2.67. The van der Waals surface area contributed by atoms with Crippen molar-refractivity contribution in [1.82, 2.24) is 0 Å². The van der Waals surface area contributed by atoms with Gasteiger partial charge in [0.2, 0.25) is 5.78 Å². The fraction of sp³-hybridized carbons (Fsp3) is 0.636. The average Bonchev–Trinajstić information content (AvgIpc) is 2.18. The molecular formula is C11H20NO3+. The predicted molar refractivity (Wildman–Crippen MR) is 58.5 cm³/mol. The van der Waals surface area contributed by atoms with Crippen LogP contribution in [0.2, 0.25) is 0 Å². The molecule has 0 aromatic rings. The molecule has 1 N–H and O–H groups in total. The fourth-order valence-electron chi connectivity index (χ4n) is 1.85. The average molecular weight is 214 g/mol. The minimum atomic E-state index is -1.41. The number of carbonyl (C=O) groups is 2. The Balaban J connectivity index is 5.65. The second-order valence-electron chi connectivity index (χ2n) is 4.09. The molecule has 0 aromatic heterocycles. The Bertz CT molecular complexity index is 284. The Labute approximate surface area is 90.8 Å². The van der Waals surface area contributed by atoms with E-state index in [0.29, 0.717) is 6.54 Å². The number of carboxylic acid groups (broad SMARTS) is 1. The van der Waals surface area contributed by atoms with Crippen LogP contribution < -0.4 is 0 Å². The molecule has 0 radical (unpaired) electrons. The van der Waals surface area contributed by atoms with Crippen molar-refractivity contribution >= 4 is 11.8 Å². The smallest absolute Gasteiger partial charge is 0.374 e. The van der Waals surface area contributed by atoms with Crippen LogP contribution in [-0.4, -0.2) is 47.5 Å². The van der Waals surface area contributed by atoms with Gasteiger partial charge in [-0.3, -0.25) is 4.79 Å². The van der Waals surface area contributed by atoms with Gasteiger partial charge in [0.25, 0.3) is 5.54 Å². The molecule has 0 amide bonds. The van der Waals surface area contributed by atoms with Crippen LogP contribution in [0.4, 0.5) is 0 Å². The quantitative estimate of drug-likeness (QED) is 0.409. The van der Waals surface area contributed by atoms with Crippen LogP contribution in [0.3, 0.4) is 0 Å². The second kappa shape index (κ2) is 4.57. The summed E-state index contributed by atoms with van der Waals surface area (Å²) in [6.07, 6.45) is 1.36. The third kappa shape index (κ3) is 1.95. The SMILES string of the molecule is C=CC(=O)C(CC)(C(=O)O)[N+](C)(C)CC. The van der Waals surface area contributed by atoms with Crippen LogP contribution >= 0.6 is 0 Å². The summed E-state index contributed by atoms with van der Waals surface area (Å²) >= 11 is 0. The lowest BCUT2D eigenvalue weighted by molar-refractivity contribution is -0.920. The molecule has 0 aliphatic carbocycles. The van der Waals surface area contributed by atoms with E-state index < -0.39 is 17.3 Å². The van der Waals surface area contributed by atoms with Crippen LogP contribution in [0.25, 0.3) is 0 Å². The number of aliphatic carboxylic acids is 1. The number of rotatable bonds is 6. The maximum Gasteiger partial charge on any atom is 0.374 e. The van der Waals surface area contributed by atoms with Gasteiger partial charge in [0.05, 0.1) is 20.6 Å². The number of nitrogens with zero attached hydrogens (tertiary/aromatic N) is 1. The molecule has 0 saturated carbocycles. The highest BCUT2D eigenvalue weighted by molar-refractivity contribution is 6.11. The normalized spacial score (nSPS) is 15.5. The summed E-state index contributed by atoms with van der Waals surface area (Å²) in [6, 6.07) is 0. The molecule has 0 spiro atoms. The van der Waals surface area contributed by atoms with Gasteiger partial charge in [-0.15, -0.1) is 0 Å². The topological polar surface area (TPSA) is 54.4 Å². The summed E-state index contributed by atoms with van der Waals surface area (Å²) in [5.74, 6) is -1.51. The van der Waals surface area contributed by atoms with E-state index in [2.05, 4.69) is 6.58 Å². The molecule has 0 heterocycles. The molecule has 0 aliphatic rings. The van der Waals surface area contributed by atoms with Gasteiger partial charge >= 0.3 is 5.97 Å². The number of carboxylic acids is 1. The van der Waals surface area contributed by atoms with Gasteiger partial charge in [-0.1, -0.05) is 13.5 Å². The Morgan fingerprint density at radius 1 is 1.40 bits per heavy atom. The van der Waals surface area contributed by atoms with Gasteiger partial charge in [-0.05, 0) is 13.0 Å². The Morgan fingerprint density at radius 3 is 2.07 bits per heavy atom. The largest absolute Gasteiger partial charge is 0.476 e. The Hall–Kier alpha value is -1.16. The summed E-state index contributed by atoms with van der Waals surface area (Å²) in [5.41, 5.74) is -1.41. The van der Waals surface area contributed by atoms with Crippen LogP contribution in [-0.2, 0) is 9.59 Å². The van der Waals surface area contributed by atoms with Crippen molar-refractivity contribution in [2.45, 2.75) is 25.8 Å². The Morgan fingerprint density at radius 2 is 1.87 bits per heavy atom. The molecule has 86 valence electrons. The monoisotopic (exact) mass is 214 g/mol. The molecule has 4 heteroatoms. The molecule has 0 aromatic carbocycles. The zero-order chi connectivity index (χ0) is 12.3. The number of hydrogen-bond donors (Lipinski definition) is 1. The van der Waals surface area contributed by atoms with Crippen molar-refractivity contribution in [3.05, 3.63) is 12.7 Å². The van der Waals surface area contributed by atoms with Crippen LogP contribution in [0, 0.1) is 0 Å². The van der Waals surface area contributed by atoms with E-state index in [0.717, 1.165) is 6.08 Å². The number of ketones is 1. The van der Waals surface area contributed by atoms with E-state index in [4.69, 9.17) is 0 Å². The summed E-state index contributed by atoms with van der Waals surface area (Å²) in [5, 5.41) is 9.31. The molecule has 0 rings (SSSR count). The second-order valence-corrected chi connectivity index (χ2v) is 4.09. The first kappa shape index (κ1) is 13.8. The third-order valence-corrected chi connectivity index (χ3v) is 3.28. The maximum absolute atomic E-state index is 11.8. The first-order chi connectivity index (χ1) is 6.80. The first-order valence-electron chi connectivity index (χ1n) is 5.03. The van der Waals surface area contributed by atoms with Crippen LogP contribution in [0.5, 0.6) is 0 Å². The number of likely N-dealkylation sites (N-methyl/N-ethyl adjacent to an activating group) is 1. The van der Waals surface area contributed by atoms with E-state index in [1.54, 1.807) is 21.0 Å². The van der Waals surface area contributed by atoms with Crippen molar-refractivity contribution in [1.29, 1.82) is 0 Å². The highest BCUT2D eigenvalue weighted by Gasteiger charge is 2.55. The molecule has 1 unspecified atom stereocenters. The lowest BCUT2D eigenvalue weighted by Gasteiger charge is -2.42. The minimum Gasteiger partial charge on any atom is -0.476 e. The number of quaternary nitrogens is 1. The fourth-order valence-corrected chi connectivity index (χ4v) is 1.85. The summed E-state index contributed by atoms with van der Waals surface area (Å²) < 4.78 is 0.129. The molecule has 1 atom stereocenters. The van der Waals surface area contributed by atoms with E-state index in [1.165, 1.54) is 0 Å². The number of carbonyl (C=O) groups excluding carboxylic acids is 1. The van der Waals surface area contributed by atoms with Crippen molar-refractivity contribution in [2.75, 3.05) is 20.6 Å². The highest BCUT2D eigenvalue weighted by atomic mass is 16.4. The van der Waals surface area contributed by atoms with Crippen LogP contribution in [0.1, 0.15) is 20.3 Å². The first-order valence-corrected chi connectivity index (χ1v) is 5.03. The number of hydrogen-bond acceptors (Lipinski definition) is 2. The van der Waals surface area contributed by atoms with Crippen LogP contribution in [0.15, 0.2) is 12.7 Å². The van der Waals surface area contributed by atoms with Gasteiger partial charge in [-0.25, -0.2) is 4.79 Å².